The molecular weight excluding hydrogens is 182 g/mol. The summed E-state index contributed by atoms with van der Waals surface area (Å²) < 4.78 is 5.14. The second kappa shape index (κ2) is 5.98. The third kappa shape index (κ3) is 5.94. The van der Waals surface area contributed by atoms with Crippen molar-refractivity contribution < 1.29 is 14.6 Å². The Morgan fingerprint density at radius 3 is 2.57 bits per heavy atom. The number of nitrogens with one attached hydrogen (secondary N) is 1. The molecule has 14 heavy (non-hydrogen) atoms. The molecule has 4 nitrogen and oxygen atoms in total. The van der Waals surface area contributed by atoms with Gasteiger partial charge in [0, 0.05) is 19.8 Å². The first kappa shape index (κ1) is 13.4. The van der Waals surface area contributed by atoms with E-state index in [1.165, 1.54) is 0 Å². The maximum atomic E-state index is 11.4. The maximum absolute atomic E-state index is 11.4. The molecule has 0 aromatic rings. The number of hydrogen-bond acceptors (Lipinski definition) is 3. The molecule has 1 amide bonds. The number of carbonyl (C=O) groups excluding carboxylic acids is 1. The van der Waals surface area contributed by atoms with Crippen molar-refractivity contribution in [3.63, 3.8) is 0 Å². The number of carbonyl (C=O) groups is 1. The van der Waals surface area contributed by atoms with Crippen LogP contribution in [0.2, 0.25) is 0 Å². The Kier molecular flexibility index (Phi) is 5.72. The van der Waals surface area contributed by atoms with Gasteiger partial charge in [-0.2, -0.15) is 0 Å². The van der Waals surface area contributed by atoms with Crippen molar-refractivity contribution in [2.24, 2.45) is 0 Å². The minimum absolute atomic E-state index is 0.0140. The Morgan fingerprint density at radius 2 is 2.14 bits per heavy atom. The lowest BCUT2D eigenvalue weighted by molar-refractivity contribution is -0.126. The number of methoxy groups -OCH3 is 1. The summed E-state index contributed by atoms with van der Waals surface area (Å²) in [5, 5.41) is 11.4. The number of hydrogen-bond donors (Lipinski definition) is 2. The molecule has 0 aliphatic rings. The average Bonchev–Trinajstić information content (AvgIpc) is 2.03. The Morgan fingerprint density at radius 1 is 1.57 bits per heavy atom. The lowest BCUT2D eigenvalue weighted by Crippen LogP contribution is -2.38. The van der Waals surface area contributed by atoms with Gasteiger partial charge in [0.05, 0.1) is 12.0 Å². The first-order chi connectivity index (χ1) is 6.41. The van der Waals surface area contributed by atoms with Crippen LogP contribution in [0.5, 0.6) is 0 Å². The van der Waals surface area contributed by atoms with Gasteiger partial charge in [0.1, 0.15) is 0 Å². The van der Waals surface area contributed by atoms with E-state index >= 15 is 0 Å². The SMILES string of the molecule is COC(C)(C)CC(=O)NC(C)CCO. The lowest BCUT2D eigenvalue weighted by Gasteiger charge is -2.23. The van der Waals surface area contributed by atoms with Gasteiger partial charge < -0.3 is 15.2 Å². The first-order valence-electron chi connectivity index (χ1n) is 4.86. The number of aliphatic hydroxyl groups excluding tert-OH is 1. The molecule has 0 radical (unpaired) electrons. The van der Waals surface area contributed by atoms with Crippen molar-refractivity contribution in [1.29, 1.82) is 0 Å². The Bertz CT molecular complexity index is 180. The zero-order valence-electron chi connectivity index (χ0n) is 9.46. The van der Waals surface area contributed by atoms with E-state index in [0.717, 1.165) is 0 Å². The lowest BCUT2D eigenvalue weighted by atomic mass is 10.0. The molecule has 0 saturated heterocycles. The van der Waals surface area contributed by atoms with Gasteiger partial charge in [0.15, 0.2) is 0 Å². The normalized spacial score (nSPS) is 13.8. The topological polar surface area (TPSA) is 58.6 Å². The molecule has 0 fully saturated rings. The molecular formula is C10H21NO3. The molecule has 2 N–H and O–H groups in total. The van der Waals surface area contributed by atoms with E-state index in [1.54, 1.807) is 7.11 Å². The molecule has 0 spiro atoms. The highest BCUT2D eigenvalue weighted by molar-refractivity contribution is 5.77. The van der Waals surface area contributed by atoms with Gasteiger partial charge in [-0.3, -0.25) is 4.79 Å². The van der Waals surface area contributed by atoms with Crippen molar-refractivity contribution in [3.8, 4) is 0 Å². The highest BCUT2D eigenvalue weighted by atomic mass is 16.5. The number of amides is 1. The average molecular weight is 203 g/mol. The third-order valence-electron chi connectivity index (χ3n) is 2.11. The van der Waals surface area contributed by atoms with Crippen molar-refractivity contribution in [2.45, 2.75) is 45.3 Å². The van der Waals surface area contributed by atoms with Gasteiger partial charge in [0.2, 0.25) is 5.91 Å². The van der Waals surface area contributed by atoms with Crippen LogP contribution in [-0.2, 0) is 9.53 Å². The molecule has 0 heterocycles. The summed E-state index contributed by atoms with van der Waals surface area (Å²) in [6.45, 7) is 5.69. The van der Waals surface area contributed by atoms with E-state index in [1.807, 2.05) is 20.8 Å². The zero-order valence-corrected chi connectivity index (χ0v) is 9.46. The van der Waals surface area contributed by atoms with Crippen LogP contribution < -0.4 is 5.32 Å². The van der Waals surface area contributed by atoms with Crippen LogP contribution in [0.3, 0.4) is 0 Å². The summed E-state index contributed by atoms with van der Waals surface area (Å²) in [7, 11) is 1.59. The summed E-state index contributed by atoms with van der Waals surface area (Å²) >= 11 is 0. The third-order valence-corrected chi connectivity index (χ3v) is 2.11. The highest BCUT2D eigenvalue weighted by Crippen LogP contribution is 2.12. The fourth-order valence-electron chi connectivity index (χ4n) is 1.05. The van der Waals surface area contributed by atoms with Crippen LogP contribution in [0, 0.1) is 0 Å². The van der Waals surface area contributed by atoms with Gasteiger partial charge in [0.25, 0.3) is 0 Å². The Balaban J connectivity index is 3.86. The molecule has 1 atom stereocenters. The molecule has 4 heteroatoms. The number of rotatable bonds is 6. The van der Waals surface area contributed by atoms with Gasteiger partial charge in [-0.15, -0.1) is 0 Å². The largest absolute Gasteiger partial charge is 0.396 e. The van der Waals surface area contributed by atoms with Crippen molar-refractivity contribution in [1.82, 2.24) is 5.32 Å². The second-order valence-electron chi connectivity index (χ2n) is 4.12. The van der Waals surface area contributed by atoms with E-state index in [2.05, 4.69) is 5.32 Å². The van der Waals surface area contributed by atoms with E-state index < -0.39 is 5.60 Å². The zero-order chi connectivity index (χ0) is 11.2. The number of ether oxygens (including phenoxy) is 1. The summed E-state index contributed by atoms with van der Waals surface area (Å²) in [4.78, 5) is 11.4. The van der Waals surface area contributed by atoms with Gasteiger partial charge >= 0.3 is 0 Å². The van der Waals surface area contributed by atoms with Crippen LogP contribution >= 0.6 is 0 Å². The Labute approximate surface area is 85.6 Å². The predicted octanol–water partition coefficient (Wildman–Crippen LogP) is 0.689. The molecule has 0 saturated carbocycles. The molecule has 84 valence electrons. The van der Waals surface area contributed by atoms with Crippen LogP contribution in [0.1, 0.15) is 33.6 Å². The number of aliphatic hydroxyl groups is 1. The minimum Gasteiger partial charge on any atom is -0.396 e. The van der Waals surface area contributed by atoms with Crippen LogP contribution in [-0.4, -0.2) is 36.4 Å². The van der Waals surface area contributed by atoms with Gasteiger partial charge in [-0.25, -0.2) is 0 Å². The van der Waals surface area contributed by atoms with Crippen LogP contribution in [0.15, 0.2) is 0 Å². The van der Waals surface area contributed by atoms with Crippen LogP contribution in [0.25, 0.3) is 0 Å². The van der Waals surface area contributed by atoms with Crippen LogP contribution in [0.4, 0.5) is 0 Å². The molecule has 0 rings (SSSR count). The summed E-state index contributed by atoms with van der Waals surface area (Å²) in [5.41, 5.74) is -0.428. The minimum atomic E-state index is -0.428. The van der Waals surface area contributed by atoms with Crippen molar-refractivity contribution in [3.05, 3.63) is 0 Å². The summed E-state index contributed by atoms with van der Waals surface area (Å²) in [5.74, 6) is -0.0437. The molecule has 0 aliphatic carbocycles. The molecule has 0 aromatic carbocycles. The fourth-order valence-corrected chi connectivity index (χ4v) is 1.05. The quantitative estimate of drug-likeness (QED) is 0.667. The molecule has 1 unspecified atom stereocenters. The Hall–Kier alpha value is -0.610. The first-order valence-corrected chi connectivity index (χ1v) is 4.86. The highest BCUT2D eigenvalue weighted by Gasteiger charge is 2.21. The molecule has 0 bridgehead atoms. The van der Waals surface area contributed by atoms with E-state index in [9.17, 15) is 4.79 Å². The molecule has 0 aliphatic heterocycles. The van der Waals surface area contributed by atoms with E-state index in [-0.39, 0.29) is 18.6 Å². The maximum Gasteiger partial charge on any atom is 0.223 e. The smallest absolute Gasteiger partial charge is 0.223 e. The standard InChI is InChI=1S/C10H21NO3/c1-8(5-6-12)11-9(13)7-10(2,3)14-4/h8,12H,5-7H2,1-4H3,(H,11,13). The van der Waals surface area contributed by atoms with Gasteiger partial charge in [-0.05, 0) is 27.2 Å². The fraction of sp³-hybridized carbons (Fsp3) is 0.900. The van der Waals surface area contributed by atoms with Gasteiger partial charge in [-0.1, -0.05) is 0 Å². The predicted molar refractivity (Wildman–Crippen MR) is 55.0 cm³/mol. The van der Waals surface area contributed by atoms with Crippen molar-refractivity contribution in [2.75, 3.05) is 13.7 Å². The summed E-state index contributed by atoms with van der Waals surface area (Å²) in [6.07, 6.45) is 0.915. The van der Waals surface area contributed by atoms with E-state index in [4.69, 9.17) is 9.84 Å². The summed E-state index contributed by atoms with van der Waals surface area (Å²) in [6, 6.07) is 0.0140. The monoisotopic (exact) mass is 203 g/mol. The van der Waals surface area contributed by atoms with E-state index in [0.29, 0.717) is 12.8 Å². The second-order valence-corrected chi connectivity index (χ2v) is 4.12. The molecule has 0 aromatic heterocycles. The van der Waals surface area contributed by atoms with Crippen molar-refractivity contribution >= 4 is 5.91 Å².